The minimum atomic E-state index is -0.850. The lowest BCUT2D eigenvalue weighted by molar-refractivity contribution is 0.103. The summed E-state index contributed by atoms with van der Waals surface area (Å²) in [6.45, 7) is 1.87. The van der Waals surface area contributed by atoms with Crippen LogP contribution in [0.2, 0.25) is 0 Å². The highest BCUT2D eigenvalue weighted by Gasteiger charge is 2.11. The number of carbonyl (C=O) groups excluding carboxylic acids is 1. The summed E-state index contributed by atoms with van der Waals surface area (Å²) < 4.78 is 9.51. The first-order valence-electron chi connectivity index (χ1n) is 5.04. The van der Waals surface area contributed by atoms with Crippen LogP contribution in [0.15, 0.2) is 29.1 Å². The highest BCUT2D eigenvalue weighted by molar-refractivity contribution is 5.87. The number of aromatic nitrogens is 2. The van der Waals surface area contributed by atoms with Crippen LogP contribution in [0.3, 0.4) is 0 Å². The number of nitrogens with one attached hydrogen (secondary N) is 1. The van der Waals surface area contributed by atoms with E-state index >= 15 is 0 Å². The molecule has 0 unspecified atom stereocenters. The molecule has 17 heavy (non-hydrogen) atoms. The van der Waals surface area contributed by atoms with Gasteiger partial charge < -0.3 is 9.47 Å². The quantitative estimate of drug-likeness (QED) is 0.795. The molecule has 0 amide bonds. The Morgan fingerprint density at radius 2 is 2.06 bits per heavy atom. The van der Waals surface area contributed by atoms with Gasteiger partial charge in [-0.1, -0.05) is 12.1 Å². The van der Waals surface area contributed by atoms with Gasteiger partial charge in [0.1, 0.15) is 0 Å². The van der Waals surface area contributed by atoms with Crippen molar-refractivity contribution in [2.75, 3.05) is 6.61 Å². The third kappa shape index (κ3) is 2.25. The molecule has 2 aromatic rings. The number of benzene rings is 1. The van der Waals surface area contributed by atoms with Gasteiger partial charge in [-0.05, 0) is 19.1 Å². The highest BCUT2D eigenvalue weighted by Crippen LogP contribution is 2.19. The first-order chi connectivity index (χ1) is 8.22. The van der Waals surface area contributed by atoms with Crippen molar-refractivity contribution < 1.29 is 14.3 Å². The molecule has 0 spiro atoms. The second-order valence-electron chi connectivity index (χ2n) is 3.19. The van der Waals surface area contributed by atoms with Crippen molar-refractivity contribution in [2.45, 2.75) is 6.92 Å². The highest BCUT2D eigenvalue weighted by atomic mass is 16.7. The maximum Gasteiger partial charge on any atom is 0.515 e. The molecule has 0 saturated carbocycles. The Balaban J connectivity index is 2.45. The normalized spacial score (nSPS) is 10.2. The molecule has 1 heterocycles. The number of hydrogen-bond acceptors (Lipinski definition) is 5. The second kappa shape index (κ2) is 4.65. The van der Waals surface area contributed by atoms with E-state index in [0.29, 0.717) is 10.8 Å². The fraction of sp³-hybridized carbons (Fsp3) is 0.182. The minimum absolute atomic E-state index is 0.0265. The molecule has 88 valence electrons. The zero-order valence-electron chi connectivity index (χ0n) is 9.10. The van der Waals surface area contributed by atoms with Crippen LogP contribution in [0.4, 0.5) is 4.79 Å². The largest absolute Gasteiger partial charge is 0.515 e. The van der Waals surface area contributed by atoms with E-state index in [1.165, 1.54) is 0 Å². The lowest BCUT2D eigenvalue weighted by Gasteiger charge is -2.05. The zero-order valence-corrected chi connectivity index (χ0v) is 9.10. The second-order valence-corrected chi connectivity index (χ2v) is 3.19. The molecule has 0 saturated heterocycles. The molecule has 0 bridgehead atoms. The van der Waals surface area contributed by atoms with Crippen LogP contribution in [0, 0.1) is 0 Å². The Morgan fingerprint density at radius 3 is 2.76 bits per heavy atom. The van der Waals surface area contributed by atoms with Gasteiger partial charge in [-0.3, -0.25) is 4.79 Å². The van der Waals surface area contributed by atoms with Crippen molar-refractivity contribution in [3.63, 3.8) is 0 Å². The molecule has 0 aliphatic heterocycles. The van der Waals surface area contributed by atoms with Crippen molar-refractivity contribution in [3.8, 4) is 5.88 Å². The number of nitrogens with zero attached hydrogens (tertiary/aromatic N) is 1. The molecule has 0 fully saturated rings. The number of rotatable bonds is 2. The number of ether oxygens (including phenoxy) is 2. The molecule has 0 radical (unpaired) electrons. The molecule has 2 rings (SSSR count). The van der Waals surface area contributed by atoms with Crippen molar-refractivity contribution in [1.82, 2.24) is 10.2 Å². The van der Waals surface area contributed by atoms with Crippen LogP contribution in [0.1, 0.15) is 6.92 Å². The summed E-state index contributed by atoms with van der Waals surface area (Å²) in [4.78, 5) is 22.6. The Labute approximate surface area is 96.2 Å². The summed E-state index contributed by atoms with van der Waals surface area (Å²) in [6.07, 6.45) is -0.850. The van der Waals surface area contributed by atoms with Gasteiger partial charge in [0.15, 0.2) is 0 Å². The predicted molar refractivity (Wildman–Crippen MR) is 60.0 cm³/mol. The molecule has 6 nitrogen and oxygen atoms in total. The third-order valence-corrected chi connectivity index (χ3v) is 2.10. The van der Waals surface area contributed by atoms with Gasteiger partial charge in [0.2, 0.25) is 0 Å². The molecule has 1 aromatic carbocycles. The van der Waals surface area contributed by atoms with E-state index < -0.39 is 6.16 Å². The van der Waals surface area contributed by atoms with Crippen molar-refractivity contribution in [3.05, 3.63) is 34.6 Å². The average molecular weight is 234 g/mol. The number of carbonyl (C=O) groups is 1. The fourth-order valence-corrected chi connectivity index (χ4v) is 1.39. The maximum atomic E-state index is 11.5. The van der Waals surface area contributed by atoms with Gasteiger partial charge in [-0.15, -0.1) is 5.10 Å². The smallest absolute Gasteiger partial charge is 0.434 e. The van der Waals surface area contributed by atoms with Gasteiger partial charge in [0, 0.05) is 0 Å². The van der Waals surface area contributed by atoms with Gasteiger partial charge in [-0.2, -0.15) is 0 Å². The molecule has 0 aliphatic carbocycles. The number of aromatic amines is 1. The Bertz CT molecular complexity index is 606. The summed E-state index contributed by atoms with van der Waals surface area (Å²) in [5.74, 6) is 0.0265. The molecule has 1 aromatic heterocycles. The fourth-order valence-electron chi connectivity index (χ4n) is 1.39. The third-order valence-electron chi connectivity index (χ3n) is 2.10. The van der Waals surface area contributed by atoms with Gasteiger partial charge in [0.25, 0.3) is 11.4 Å². The van der Waals surface area contributed by atoms with Crippen molar-refractivity contribution in [2.24, 2.45) is 0 Å². The maximum absolute atomic E-state index is 11.5. The van der Waals surface area contributed by atoms with E-state index in [-0.39, 0.29) is 18.0 Å². The molecular weight excluding hydrogens is 224 g/mol. The standard InChI is InChI=1S/C11H10N2O4/c1-2-16-11(15)17-10-8-6-4-3-5-7(8)9(14)12-13-10/h3-6H,2H2,1H3,(H,12,14). The van der Waals surface area contributed by atoms with Gasteiger partial charge in [-0.25, -0.2) is 9.89 Å². The van der Waals surface area contributed by atoms with Crippen molar-refractivity contribution >= 4 is 16.9 Å². The van der Waals surface area contributed by atoms with Crippen LogP contribution < -0.4 is 10.3 Å². The molecule has 6 heteroatoms. The van der Waals surface area contributed by atoms with Crippen molar-refractivity contribution in [1.29, 1.82) is 0 Å². The predicted octanol–water partition coefficient (Wildman–Crippen LogP) is 1.46. The molecule has 1 N–H and O–H groups in total. The minimum Gasteiger partial charge on any atom is -0.434 e. The SMILES string of the molecule is CCOC(=O)Oc1n[nH]c(=O)c2ccccc12. The average Bonchev–Trinajstić information content (AvgIpc) is 2.34. The number of fused-ring (bicyclic) bond motifs is 1. The number of hydrogen-bond donors (Lipinski definition) is 1. The van der Waals surface area contributed by atoms with E-state index in [9.17, 15) is 9.59 Å². The zero-order chi connectivity index (χ0) is 12.3. The lowest BCUT2D eigenvalue weighted by atomic mass is 10.2. The van der Waals surface area contributed by atoms with E-state index in [2.05, 4.69) is 14.9 Å². The summed E-state index contributed by atoms with van der Waals surface area (Å²) >= 11 is 0. The summed E-state index contributed by atoms with van der Waals surface area (Å²) in [5, 5.41) is 6.79. The van der Waals surface area contributed by atoms with E-state index in [1.54, 1.807) is 31.2 Å². The first-order valence-corrected chi connectivity index (χ1v) is 5.04. The Morgan fingerprint density at radius 1 is 1.35 bits per heavy atom. The van der Waals surface area contributed by atoms with Crippen LogP contribution >= 0.6 is 0 Å². The first kappa shape index (κ1) is 11.1. The van der Waals surface area contributed by atoms with Gasteiger partial charge >= 0.3 is 6.16 Å². The van der Waals surface area contributed by atoms with E-state index in [0.717, 1.165) is 0 Å². The van der Waals surface area contributed by atoms with Crippen LogP contribution in [0.25, 0.3) is 10.8 Å². The topological polar surface area (TPSA) is 81.3 Å². The Kier molecular flexibility index (Phi) is 3.04. The van der Waals surface area contributed by atoms with E-state index in [1.807, 2.05) is 0 Å². The molecular formula is C11H10N2O4. The lowest BCUT2D eigenvalue weighted by Crippen LogP contribution is -2.15. The summed E-state index contributed by atoms with van der Waals surface area (Å²) in [6, 6.07) is 6.70. The van der Waals surface area contributed by atoms with Crippen LogP contribution in [0.5, 0.6) is 5.88 Å². The monoisotopic (exact) mass is 234 g/mol. The molecule has 0 aliphatic rings. The van der Waals surface area contributed by atoms with Crippen LogP contribution in [-0.2, 0) is 4.74 Å². The number of H-pyrrole nitrogens is 1. The van der Waals surface area contributed by atoms with Crippen LogP contribution in [-0.4, -0.2) is 23.0 Å². The molecule has 0 atom stereocenters. The van der Waals surface area contributed by atoms with E-state index in [4.69, 9.17) is 4.74 Å². The van der Waals surface area contributed by atoms with Gasteiger partial charge in [0.05, 0.1) is 17.4 Å². The Hall–Kier alpha value is -2.37. The summed E-state index contributed by atoms with van der Waals surface area (Å²) in [7, 11) is 0. The summed E-state index contributed by atoms with van der Waals surface area (Å²) in [5.41, 5.74) is -0.336.